The third-order valence-electron chi connectivity index (χ3n) is 0.351. The van der Waals surface area contributed by atoms with Gasteiger partial charge in [-0.3, -0.25) is 0 Å². The largest absolute Gasteiger partial charge is 0.465 e. The molecule has 5 heteroatoms. The van der Waals surface area contributed by atoms with E-state index in [2.05, 4.69) is 0 Å². The van der Waals surface area contributed by atoms with Crippen LogP contribution in [0.4, 0.5) is 4.79 Å². The van der Waals surface area contributed by atoms with E-state index in [9.17, 15) is 4.79 Å². The average molecular weight is 141 g/mol. The maximum atomic E-state index is 9.62. The molecule has 0 aromatic rings. The maximum absolute atomic E-state index is 9.62. The normalized spacial score (nSPS) is 11.2. The van der Waals surface area contributed by atoms with Crippen molar-refractivity contribution in [2.24, 2.45) is 5.73 Å². The highest BCUT2D eigenvalue weighted by molar-refractivity contribution is 5.85. The van der Waals surface area contributed by atoms with Crippen LogP contribution in [-0.4, -0.2) is 17.4 Å². The number of nitrogens with two attached hydrogens (primary N) is 1. The molecule has 0 aromatic heterocycles. The van der Waals surface area contributed by atoms with Gasteiger partial charge in [-0.25, -0.2) is 4.79 Å². The van der Waals surface area contributed by atoms with E-state index in [1.165, 1.54) is 0 Å². The monoisotopic (exact) mass is 140 g/mol. The minimum atomic E-state index is -1.09. The number of halogens is 1. The molecule has 0 bridgehead atoms. The number of carboxylic acid groups (broad SMARTS) is 1. The molecule has 0 aliphatic rings. The van der Waals surface area contributed by atoms with Crippen molar-refractivity contribution < 1.29 is 9.90 Å². The van der Waals surface area contributed by atoms with Gasteiger partial charge in [-0.2, -0.15) is 0 Å². The third-order valence-corrected chi connectivity index (χ3v) is 0.351. The lowest BCUT2D eigenvalue weighted by Crippen LogP contribution is -2.37. The van der Waals surface area contributed by atoms with E-state index in [1.807, 2.05) is 5.32 Å². The number of hydrogen-bond donors (Lipinski definition) is 3. The van der Waals surface area contributed by atoms with Gasteiger partial charge in [0.15, 0.2) is 0 Å². The second kappa shape index (κ2) is 4.67. The minimum absolute atomic E-state index is 0. The molecular weight excluding hydrogens is 131 g/mol. The SMILES string of the molecule is CC(N)NC(=O)O.Cl. The molecule has 0 aliphatic heterocycles. The molecule has 0 spiro atoms. The number of hydrogen-bond acceptors (Lipinski definition) is 2. The highest BCUT2D eigenvalue weighted by atomic mass is 35.5. The van der Waals surface area contributed by atoms with Crippen molar-refractivity contribution in [1.29, 1.82) is 0 Å². The van der Waals surface area contributed by atoms with Crippen LogP contribution >= 0.6 is 12.4 Å². The van der Waals surface area contributed by atoms with E-state index < -0.39 is 12.3 Å². The van der Waals surface area contributed by atoms with Crippen LogP contribution < -0.4 is 11.1 Å². The van der Waals surface area contributed by atoms with E-state index in [0.717, 1.165) is 0 Å². The molecule has 1 atom stereocenters. The van der Waals surface area contributed by atoms with Gasteiger partial charge in [0.25, 0.3) is 0 Å². The molecule has 1 amide bonds. The summed E-state index contributed by atoms with van der Waals surface area (Å²) in [5.41, 5.74) is 5.00. The molecule has 0 aliphatic carbocycles. The number of nitrogens with one attached hydrogen (secondary N) is 1. The zero-order valence-electron chi connectivity index (χ0n) is 4.42. The van der Waals surface area contributed by atoms with Crippen molar-refractivity contribution in [3.63, 3.8) is 0 Å². The van der Waals surface area contributed by atoms with Crippen LogP contribution in [0, 0.1) is 0 Å². The Balaban J connectivity index is 0. The van der Waals surface area contributed by atoms with Gasteiger partial charge in [0, 0.05) is 0 Å². The Morgan fingerprint density at radius 2 is 2.25 bits per heavy atom. The fraction of sp³-hybridized carbons (Fsp3) is 0.667. The van der Waals surface area contributed by atoms with Gasteiger partial charge in [0.1, 0.15) is 0 Å². The van der Waals surface area contributed by atoms with Gasteiger partial charge >= 0.3 is 6.09 Å². The third kappa shape index (κ3) is 9.10. The van der Waals surface area contributed by atoms with Gasteiger partial charge in [-0.1, -0.05) is 0 Å². The summed E-state index contributed by atoms with van der Waals surface area (Å²) in [6.07, 6.45) is -1.56. The molecule has 0 saturated heterocycles. The first-order valence-electron chi connectivity index (χ1n) is 1.88. The zero-order valence-corrected chi connectivity index (χ0v) is 5.23. The van der Waals surface area contributed by atoms with Crippen LogP contribution in [-0.2, 0) is 0 Å². The Kier molecular flexibility index (Phi) is 6.13. The molecular formula is C3H9ClN2O2. The molecule has 0 saturated carbocycles. The summed E-state index contributed by atoms with van der Waals surface area (Å²) in [5, 5.41) is 9.89. The van der Waals surface area contributed by atoms with Crippen LogP contribution in [0.15, 0.2) is 0 Å². The van der Waals surface area contributed by atoms with Gasteiger partial charge in [-0.05, 0) is 6.92 Å². The van der Waals surface area contributed by atoms with Crippen LogP contribution in [0.25, 0.3) is 0 Å². The van der Waals surface area contributed by atoms with Gasteiger partial charge in [0.2, 0.25) is 0 Å². The first-order chi connectivity index (χ1) is 3.13. The van der Waals surface area contributed by atoms with Crippen molar-refractivity contribution in [2.75, 3.05) is 0 Å². The second-order valence-corrected chi connectivity index (χ2v) is 1.24. The fourth-order valence-electron chi connectivity index (χ4n) is 0.195. The highest BCUT2D eigenvalue weighted by Crippen LogP contribution is 1.63. The van der Waals surface area contributed by atoms with Gasteiger partial charge in [0.05, 0.1) is 6.17 Å². The van der Waals surface area contributed by atoms with E-state index in [4.69, 9.17) is 10.8 Å². The standard InChI is InChI=1S/C3H8N2O2.ClH/c1-2(4)5-3(6)7;/h2,5H,4H2,1H3,(H,6,7);1H. The predicted octanol–water partition coefficient (Wildman–Crippen LogP) is -0.0195. The Labute approximate surface area is 53.5 Å². The smallest absolute Gasteiger partial charge is 0.405 e. The van der Waals surface area contributed by atoms with Crippen LogP contribution in [0.1, 0.15) is 6.92 Å². The van der Waals surface area contributed by atoms with E-state index in [-0.39, 0.29) is 12.4 Å². The van der Waals surface area contributed by atoms with Crippen LogP contribution in [0.5, 0.6) is 0 Å². The van der Waals surface area contributed by atoms with E-state index in [1.54, 1.807) is 6.92 Å². The Hall–Kier alpha value is -0.480. The van der Waals surface area contributed by atoms with Crippen molar-refractivity contribution in [3.05, 3.63) is 0 Å². The molecule has 4 N–H and O–H groups in total. The minimum Gasteiger partial charge on any atom is -0.465 e. The molecule has 1 unspecified atom stereocenters. The lowest BCUT2D eigenvalue weighted by molar-refractivity contribution is 0.191. The summed E-state index contributed by atoms with van der Waals surface area (Å²) in [7, 11) is 0. The van der Waals surface area contributed by atoms with E-state index in [0.29, 0.717) is 0 Å². The molecule has 0 aromatic carbocycles. The van der Waals surface area contributed by atoms with Crippen LogP contribution in [0.2, 0.25) is 0 Å². The quantitative estimate of drug-likeness (QED) is 0.448. The first kappa shape index (κ1) is 10.5. The average Bonchev–Trinajstić information content (AvgIpc) is 1.27. The fourth-order valence-corrected chi connectivity index (χ4v) is 0.195. The van der Waals surface area contributed by atoms with Crippen molar-refractivity contribution in [3.8, 4) is 0 Å². The molecule has 0 fully saturated rings. The van der Waals surface area contributed by atoms with Crippen molar-refractivity contribution >= 4 is 18.5 Å². The number of amides is 1. The molecule has 8 heavy (non-hydrogen) atoms. The second-order valence-electron chi connectivity index (χ2n) is 1.24. The van der Waals surface area contributed by atoms with Crippen LogP contribution in [0.3, 0.4) is 0 Å². The Morgan fingerprint density at radius 3 is 2.25 bits per heavy atom. The lowest BCUT2D eigenvalue weighted by Gasteiger charge is -2.00. The summed E-state index contributed by atoms with van der Waals surface area (Å²) in [6, 6.07) is 0. The van der Waals surface area contributed by atoms with Crippen molar-refractivity contribution in [1.82, 2.24) is 5.32 Å². The van der Waals surface area contributed by atoms with Gasteiger partial charge < -0.3 is 16.2 Å². The van der Waals surface area contributed by atoms with E-state index >= 15 is 0 Å². The number of rotatable bonds is 1. The molecule has 0 rings (SSSR count). The van der Waals surface area contributed by atoms with Gasteiger partial charge in [-0.15, -0.1) is 12.4 Å². The molecule has 50 valence electrons. The Morgan fingerprint density at radius 1 is 1.88 bits per heavy atom. The Bertz CT molecular complexity index is 75.7. The molecule has 0 radical (unpaired) electrons. The number of carbonyl (C=O) groups is 1. The molecule has 0 heterocycles. The maximum Gasteiger partial charge on any atom is 0.405 e. The first-order valence-corrected chi connectivity index (χ1v) is 1.88. The molecule has 4 nitrogen and oxygen atoms in total. The highest BCUT2D eigenvalue weighted by Gasteiger charge is 1.94. The summed E-state index contributed by atoms with van der Waals surface area (Å²) in [5.74, 6) is 0. The summed E-state index contributed by atoms with van der Waals surface area (Å²) in [4.78, 5) is 9.62. The zero-order chi connectivity index (χ0) is 5.86. The summed E-state index contributed by atoms with van der Waals surface area (Å²) in [6.45, 7) is 1.55. The topological polar surface area (TPSA) is 75.3 Å². The summed E-state index contributed by atoms with van der Waals surface area (Å²) >= 11 is 0. The summed E-state index contributed by atoms with van der Waals surface area (Å²) < 4.78 is 0. The van der Waals surface area contributed by atoms with Crippen molar-refractivity contribution in [2.45, 2.75) is 13.1 Å². The lowest BCUT2D eigenvalue weighted by atomic mass is 10.6. The predicted molar refractivity (Wildman–Crippen MR) is 32.1 cm³/mol.